The number of hydrogen-bond acceptors (Lipinski definition) is 2. The van der Waals surface area contributed by atoms with Crippen molar-refractivity contribution in [2.75, 3.05) is 0 Å². The Morgan fingerprint density at radius 2 is 1.64 bits per heavy atom. The highest BCUT2D eigenvalue weighted by molar-refractivity contribution is 4.67. The molecule has 0 spiro atoms. The molecule has 11 heavy (non-hydrogen) atoms. The molecular formula is C9H19NO. The molecule has 2 nitrogen and oxygen atoms in total. The van der Waals surface area contributed by atoms with Crippen LogP contribution in [0, 0.1) is 5.92 Å². The van der Waals surface area contributed by atoms with Crippen LogP contribution in [0.5, 0.6) is 0 Å². The minimum Gasteiger partial charge on any atom is -0.365 e. The Balaban J connectivity index is 0. The molecule has 0 atom stereocenters. The first-order valence-corrected chi connectivity index (χ1v) is 4.08. The Morgan fingerprint density at radius 3 is 1.73 bits per heavy atom. The molecule has 1 aromatic heterocycles. The van der Waals surface area contributed by atoms with E-state index in [1.54, 1.807) is 12.3 Å². The number of nitrogens with zero attached hydrogens (tertiary/aromatic N) is 1. The highest BCUT2D eigenvalue weighted by Gasteiger charge is 1.68. The van der Waals surface area contributed by atoms with E-state index in [0.717, 1.165) is 5.92 Å². The van der Waals surface area contributed by atoms with Gasteiger partial charge in [0.25, 0.3) is 0 Å². The van der Waals surface area contributed by atoms with Crippen molar-refractivity contribution in [3.8, 4) is 0 Å². The Kier molecular flexibility index (Phi) is 13.9. The number of aromatic nitrogens is 1. The third-order valence-corrected chi connectivity index (χ3v) is 0.347. The van der Waals surface area contributed by atoms with Gasteiger partial charge in [-0.15, -0.1) is 0 Å². The van der Waals surface area contributed by atoms with Crippen molar-refractivity contribution in [1.29, 1.82) is 0 Å². The van der Waals surface area contributed by atoms with Crippen LogP contribution in [-0.4, -0.2) is 5.16 Å². The van der Waals surface area contributed by atoms with Crippen molar-refractivity contribution >= 4 is 0 Å². The van der Waals surface area contributed by atoms with E-state index < -0.39 is 0 Å². The van der Waals surface area contributed by atoms with Gasteiger partial charge >= 0.3 is 0 Å². The van der Waals surface area contributed by atoms with E-state index in [2.05, 4.69) is 30.5 Å². The molecule has 0 N–H and O–H groups in total. The zero-order chi connectivity index (χ0) is 9.11. The summed E-state index contributed by atoms with van der Waals surface area (Å²) in [4.78, 5) is 0. The standard InChI is InChI=1S/C4H10.C3H3NO.C2H6/c1-4(2)3;1-2-4-5-3-1;1-2/h4H,1-3H3;1-3H;1-2H3. The van der Waals surface area contributed by atoms with Gasteiger partial charge in [-0.25, -0.2) is 0 Å². The molecule has 0 aromatic carbocycles. The maximum absolute atomic E-state index is 4.33. The van der Waals surface area contributed by atoms with Crippen LogP contribution in [0.2, 0.25) is 0 Å². The first-order chi connectivity index (χ1) is 5.23. The molecule has 0 saturated heterocycles. The molecule has 0 radical (unpaired) electrons. The van der Waals surface area contributed by atoms with E-state index in [0.29, 0.717) is 0 Å². The predicted octanol–water partition coefficient (Wildman–Crippen LogP) is 3.36. The Hall–Kier alpha value is -0.790. The van der Waals surface area contributed by atoms with Crippen LogP contribution in [-0.2, 0) is 0 Å². The molecule has 0 fully saturated rings. The fourth-order valence-corrected chi connectivity index (χ4v) is 0.176. The highest BCUT2D eigenvalue weighted by atomic mass is 16.5. The molecule has 1 rings (SSSR count). The molecular weight excluding hydrogens is 138 g/mol. The summed E-state index contributed by atoms with van der Waals surface area (Å²) in [7, 11) is 0. The lowest BCUT2D eigenvalue weighted by Crippen LogP contribution is -1.66. The van der Waals surface area contributed by atoms with E-state index in [9.17, 15) is 0 Å². The third kappa shape index (κ3) is 27.0. The van der Waals surface area contributed by atoms with Crippen LogP contribution in [0.15, 0.2) is 23.0 Å². The maximum atomic E-state index is 4.33. The topological polar surface area (TPSA) is 26.0 Å². The average molecular weight is 157 g/mol. The van der Waals surface area contributed by atoms with Gasteiger partial charge in [0.05, 0.1) is 6.20 Å². The quantitative estimate of drug-likeness (QED) is 0.577. The summed E-state index contributed by atoms with van der Waals surface area (Å²) in [6, 6.07) is 1.72. The fourth-order valence-electron chi connectivity index (χ4n) is 0.176. The van der Waals surface area contributed by atoms with E-state index >= 15 is 0 Å². The minimum absolute atomic E-state index is 0.833. The highest BCUT2D eigenvalue weighted by Crippen LogP contribution is 1.81. The smallest absolute Gasteiger partial charge is 0.123 e. The zero-order valence-corrected chi connectivity index (χ0v) is 8.16. The van der Waals surface area contributed by atoms with Crippen molar-refractivity contribution in [2.24, 2.45) is 5.92 Å². The maximum Gasteiger partial charge on any atom is 0.123 e. The van der Waals surface area contributed by atoms with Gasteiger partial charge in [0.15, 0.2) is 0 Å². The largest absolute Gasteiger partial charge is 0.365 e. The lowest BCUT2D eigenvalue weighted by Gasteiger charge is -1.79. The first-order valence-electron chi connectivity index (χ1n) is 4.08. The van der Waals surface area contributed by atoms with Gasteiger partial charge in [-0.1, -0.05) is 39.8 Å². The van der Waals surface area contributed by atoms with E-state index in [1.807, 2.05) is 13.8 Å². The van der Waals surface area contributed by atoms with Gasteiger partial charge < -0.3 is 4.52 Å². The van der Waals surface area contributed by atoms with Crippen LogP contribution in [0.1, 0.15) is 34.6 Å². The van der Waals surface area contributed by atoms with Crippen LogP contribution in [0.4, 0.5) is 0 Å². The lowest BCUT2D eigenvalue weighted by molar-refractivity contribution is 0.420. The fraction of sp³-hybridized carbons (Fsp3) is 0.667. The van der Waals surface area contributed by atoms with Crippen molar-refractivity contribution in [1.82, 2.24) is 5.16 Å². The molecule has 0 unspecified atom stereocenters. The number of rotatable bonds is 0. The lowest BCUT2D eigenvalue weighted by atomic mass is 10.3. The molecule has 0 bridgehead atoms. The Morgan fingerprint density at radius 1 is 1.18 bits per heavy atom. The second-order valence-electron chi connectivity index (χ2n) is 2.42. The van der Waals surface area contributed by atoms with Crippen molar-refractivity contribution in [3.05, 3.63) is 18.5 Å². The van der Waals surface area contributed by atoms with Crippen LogP contribution in [0.25, 0.3) is 0 Å². The summed E-state index contributed by atoms with van der Waals surface area (Å²) in [6.07, 6.45) is 3.10. The van der Waals surface area contributed by atoms with E-state index in [-0.39, 0.29) is 0 Å². The summed E-state index contributed by atoms with van der Waals surface area (Å²) in [5.74, 6) is 0.833. The summed E-state index contributed by atoms with van der Waals surface area (Å²) in [5, 5.41) is 3.35. The van der Waals surface area contributed by atoms with Crippen molar-refractivity contribution < 1.29 is 4.52 Å². The summed E-state index contributed by atoms with van der Waals surface area (Å²) < 4.78 is 4.33. The minimum atomic E-state index is 0.833. The molecule has 1 aromatic rings. The number of hydrogen-bond donors (Lipinski definition) is 0. The van der Waals surface area contributed by atoms with Gasteiger partial charge in [-0.3, -0.25) is 0 Å². The molecule has 2 heteroatoms. The Bertz CT molecular complexity index is 93.1. The Labute approximate surface area is 69.6 Å². The van der Waals surface area contributed by atoms with Crippen LogP contribution < -0.4 is 0 Å². The predicted molar refractivity (Wildman–Crippen MR) is 48.4 cm³/mol. The summed E-state index contributed by atoms with van der Waals surface area (Å²) in [6.45, 7) is 10.5. The van der Waals surface area contributed by atoms with Crippen molar-refractivity contribution in [3.63, 3.8) is 0 Å². The summed E-state index contributed by atoms with van der Waals surface area (Å²) >= 11 is 0. The van der Waals surface area contributed by atoms with E-state index in [4.69, 9.17) is 0 Å². The third-order valence-electron chi connectivity index (χ3n) is 0.347. The van der Waals surface area contributed by atoms with Gasteiger partial charge in [0, 0.05) is 0 Å². The van der Waals surface area contributed by atoms with Gasteiger partial charge in [-0.05, 0) is 12.0 Å². The van der Waals surface area contributed by atoms with E-state index in [1.165, 1.54) is 6.26 Å². The molecule has 0 amide bonds. The van der Waals surface area contributed by atoms with Crippen LogP contribution >= 0.6 is 0 Å². The normalized spacial score (nSPS) is 7.45. The molecule has 0 aliphatic heterocycles. The van der Waals surface area contributed by atoms with Crippen LogP contribution in [0.3, 0.4) is 0 Å². The van der Waals surface area contributed by atoms with Gasteiger partial charge in [-0.2, -0.15) is 0 Å². The zero-order valence-electron chi connectivity index (χ0n) is 8.16. The summed E-state index contributed by atoms with van der Waals surface area (Å²) in [5.41, 5.74) is 0. The van der Waals surface area contributed by atoms with Gasteiger partial charge in [0.1, 0.15) is 6.26 Å². The molecule has 1 heterocycles. The molecule has 0 aliphatic rings. The monoisotopic (exact) mass is 157 g/mol. The molecule has 0 aliphatic carbocycles. The average Bonchev–Trinajstić information content (AvgIpc) is 2.44. The second-order valence-corrected chi connectivity index (χ2v) is 2.42. The first kappa shape index (κ1) is 12.8. The second kappa shape index (κ2) is 11.9. The van der Waals surface area contributed by atoms with Gasteiger partial charge in [0.2, 0.25) is 0 Å². The van der Waals surface area contributed by atoms with Crippen molar-refractivity contribution in [2.45, 2.75) is 34.6 Å². The molecule has 0 saturated carbocycles. The molecule has 66 valence electrons. The SMILES string of the molecule is CC.CC(C)C.c1cnoc1.